The normalized spacial score (nSPS) is 12.9. The summed E-state index contributed by atoms with van der Waals surface area (Å²) in [4.78, 5) is 0. The maximum Gasteiger partial charge on any atom is 0.123 e. The molecule has 66 valence electrons. The van der Waals surface area contributed by atoms with Crippen molar-refractivity contribution >= 4 is 0 Å². The number of hydrogen-bond acceptors (Lipinski definition) is 3. The van der Waals surface area contributed by atoms with E-state index in [0.29, 0.717) is 5.56 Å². The predicted molar refractivity (Wildman–Crippen MR) is 43.8 cm³/mol. The number of rotatable bonds is 2. The van der Waals surface area contributed by atoms with Gasteiger partial charge < -0.3 is 5.11 Å². The lowest BCUT2D eigenvalue weighted by Gasteiger charge is -2.11. The second-order valence-electron chi connectivity index (χ2n) is 2.59. The Morgan fingerprint density at radius 1 is 1.58 bits per heavy atom. The first-order valence-electron chi connectivity index (χ1n) is 3.59. The van der Waals surface area contributed by atoms with Crippen molar-refractivity contribution in [2.75, 3.05) is 0 Å². The molecule has 0 radical (unpaired) electrons. The summed E-state index contributed by atoms with van der Waals surface area (Å²) in [5.41, 5.74) is 2.88. The van der Waals surface area contributed by atoms with Crippen LogP contribution in [0, 0.1) is 5.82 Å². The topological polar surface area (TPSA) is 58.3 Å². The van der Waals surface area contributed by atoms with Crippen LogP contribution in [0.5, 0.6) is 5.75 Å². The first-order valence-corrected chi connectivity index (χ1v) is 3.59. The Labute approximate surface area is 70.0 Å². The molecule has 1 rings (SSSR count). The van der Waals surface area contributed by atoms with Crippen LogP contribution < -0.4 is 11.3 Å². The third-order valence-corrected chi connectivity index (χ3v) is 1.71. The molecule has 1 aromatic carbocycles. The summed E-state index contributed by atoms with van der Waals surface area (Å²) in [7, 11) is 0. The van der Waals surface area contributed by atoms with Crippen LogP contribution in [-0.2, 0) is 0 Å². The second-order valence-corrected chi connectivity index (χ2v) is 2.59. The average Bonchev–Trinajstić information content (AvgIpc) is 2.08. The lowest BCUT2D eigenvalue weighted by atomic mass is 10.1. The highest BCUT2D eigenvalue weighted by atomic mass is 19.1. The van der Waals surface area contributed by atoms with Gasteiger partial charge in [0.2, 0.25) is 0 Å². The van der Waals surface area contributed by atoms with Gasteiger partial charge in [0.05, 0.1) is 0 Å². The Balaban J connectivity index is 3.04. The molecule has 0 aliphatic heterocycles. The van der Waals surface area contributed by atoms with E-state index in [9.17, 15) is 9.50 Å². The molecule has 0 aliphatic rings. The highest BCUT2D eigenvalue weighted by Gasteiger charge is 2.08. The van der Waals surface area contributed by atoms with Gasteiger partial charge in [-0.15, -0.1) is 0 Å². The molecule has 0 saturated heterocycles. The predicted octanol–water partition coefficient (Wildman–Crippen LogP) is 1.06. The van der Waals surface area contributed by atoms with Crippen LogP contribution in [0.2, 0.25) is 0 Å². The van der Waals surface area contributed by atoms with Crippen molar-refractivity contribution in [3.05, 3.63) is 29.6 Å². The minimum absolute atomic E-state index is 0.0434. The third-order valence-electron chi connectivity index (χ3n) is 1.71. The first kappa shape index (κ1) is 8.96. The largest absolute Gasteiger partial charge is 0.508 e. The molecule has 0 bridgehead atoms. The summed E-state index contributed by atoms with van der Waals surface area (Å²) in [6.45, 7) is 1.73. The molecule has 0 spiro atoms. The highest BCUT2D eigenvalue weighted by Crippen LogP contribution is 2.23. The van der Waals surface area contributed by atoms with Crippen LogP contribution in [0.4, 0.5) is 4.39 Å². The summed E-state index contributed by atoms with van der Waals surface area (Å²) < 4.78 is 12.7. The van der Waals surface area contributed by atoms with E-state index in [-0.39, 0.29) is 17.6 Å². The van der Waals surface area contributed by atoms with Gasteiger partial charge in [0.15, 0.2) is 0 Å². The molecule has 3 nitrogen and oxygen atoms in total. The fourth-order valence-electron chi connectivity index (χ4n) is 0.962. The first-order chi connectivity index (χ1) is 5.65. The van der Waals surface area contributed by atoms with Crippen molar-refractivity contribution in [2.45, 2.75) is 13.0 Å². The van der Waals surface area contributed by atoms with E-state index in [1.807, 2.05) is 0 Å². The number of phenols is 1. The summed E-state index contributed by atoms with van der Waals surface area (Å²) in [5.74, 6) is 4.80. The average molecular weight is 170 g/mol. The van der Waals surface area contributed by atoms with E-state index in [1.165, 1.54) is 18.2 Å². The smallest absolute Gasteiger partial charge is 0.123 e. The molecule has 4 heteroatoms. The van der Waals surface area contributed by atoms with Crippen LogP contribution in [0.15, 0.2) is 18.2 Å². The number of aromatic hydroxyl groups is 1. The van der Waals surface area contributed by atoms with Gasteiger partial charge in [0.25, 0.3) is 0 Å². The standard InChI is InChI=1S/C8H11FN2O/c1-5(11-10)7-4-6(9)2-3-8(7)12/h2-5,11-12H,10H2,1H3/t5-/m0/s1. The molecule has 0 fully saturated rings. The van der Waals surface area contributed by atoms with Crippen molar-refractivity contribution in [2.24, 2.45) is 5.84 Å². The number of hydrazine groups is 1. The fraction of sp³-hybridized carbons (Fsp3) is 0.250. The van der Waals surface area contributed by atoms with E-state index in [0.717, 1.165) is 0 Å². The SMILES string of the molecule is C[C@H](NN)c1cc(F)ccc1O. The Kier molecular flexibility index (Phi) is 2.62. The number of nitrogens with one attached hydrogen (secondary N) is 1. The van der Waals surface area contributed by atoms with Gasteiger partial charge in [-0.1, -0.05) is 0 Å². The van der Waals surface area contributed by atoms with E-state index >= 15 is 0 Å². The Morgan fingerprint density at radius 3 is 2.83 bits per heavy atom. The molecule has 0 heterocycles. The summed E-state index contributed by atoms with van der Waals surface area (Å²) in [6.07, 6.45) is 0. The van der Waals surface area contributed by atoms with Crippen LogP contribution in [0.1, 0.15) is 18.5 Å². The van der Waals surface area contributed by atoms with Gasteiger partial charge in [0, 0.05) is 11.6 Å². The van der Waals surface area contributed by atoms with Crippen molar-refractivity contribution in [3.8, 4) is 5.75 Å². The van der Waals surface area contributed by atoms with Gasteiger partial charge in [-0.25, -0.2) is 4.39 Å². The Morgan fingerprint density at radius 2 is 2.25 bits per heavy atom. The van der Waals surface area contributed by atoms with Crippen LogP contribution in [-0.4, -0.2) is 5.11 Å². The molecule has 0 saturated carbocycles. The Bertz CT molecular complexity index is 278. The van der Waals surface area contributed by atoms with Crippen LogP contribution in [0.25, 0.3) is 0 Å². The number of benzene rings is 1. The highest BCUT2D eigenvalue weighted by molar-refractivity contribution is 5.34. The zero-order valence-corrected chi connectivity index (χ0v) is 6.71. The maximum absolute atomic E-state index is 12.7. The molecule has 1 aromatic rings. The van der Waals surface area contributed by atoms with Gasteiger partial charge >= 0.3 is 0 Å². The molecular weight excluding hydrogens is 159 g/mol. The monoisotopic (exact) mass is 170 g/mol. The van der Waals surface area contributed by atoms with E-state index in [1.54, 1.807) is 6.92 Å². The van der Waals surface area contributed by atoms with Gasteiger partial charge in [0.1, 0.15) is 11.6 Å². The number of nitrogens with two attached hydrogens (primary N) is 1. The number of phenolic OH excluding ortho intramolecular Hbond substituents is 1. The summed E-state index contributed by atoms with van der Waals surface area (Å²) in [6, 6.07) is 3.49. The van der Waals surface area contributed by atoms with Gasteiger partial charge in [-0.2, -0.15) is 0 Å². The molecular formula is C8H11FN2O. The third kappa shape index (κ3) is 1.72. The van der Waals surface area contributed by atoms with Crippen molar-refractivity contribution in [1.82, 2.24) is 5.43 Å². The van der Waals surface area contributed by atoms with Crippen molar-refractivity contribution in [1.29, 1.82) is 0 Å². The number of hydrogen-bond donors (Lipinski definition) is 3. The fourth-order valence-corrected chi connectivity index (χ4v) is 0.962. The molecule has 4 N–H and O–H groups in total. The quantitative estimate of drug-likeness (QED) is 0.459. The van der Waals surface area contributed by atoms with E-state index in [2.05, 4.69) is 5.43 Å². The van der Waals surface area contributed by atoms with Gasteiger partial charge in [-0.05, 0) is 25.1 Å². The van der Waals surface area contributed by atoms with Crippen molar-refractivity contribution in [3.63, 3.8) is 0 Å². The van der Waals surface area contributed by atoms with Crippen molar-refractivity contribution < 1.29 is 9.50 Å². The second kappa shape index (κ2) is 3.51. The minimum Gasteiger partial charge on any atom is -0.508 e. The lowest BCUT2D eigenvalue weighted by molar-refractivity contribution is 0.451. The molecule has 12 heavy (non-hydrogen) atoms. The zero-order chi connectivity index (χ0) is 9.14. The lowest BCUT2D eigenvalue weighted by Crippen LogP contribution is -2.25. The van der Waals surface area contributed by atoms with Crippen LogP contribution in [0.3, 0.4) is 0 Å². The Hall–Kier alpha value is -1.13. The van der Waals surface area contributed by atoms with E-state index < -0.39 is 0 Å². The molecule has 0 amide bonds. The minimum atomic E-state index is -0.384. The van der Waals surface area contributed by atoms with E-state index in [4.69, 9.17) is 5.84 Å². The summed E-state index contributed by atoms with van der Waals surface area (Å²) >= 11 is 0. The zero-order valence-electron chi connectivity index (χ0n) is 6.71. The van der Waals surface area contributed by atoms with Crippen LogP contribution >= 0.6 is 0 Å². The maximum atomic E-state index is 12.7. The summed E-state index contributed by atoms with van der Waals surface area (Å²) in [5, 5.41) is 9.27. The number of halogens is 1. The molecule has 1 atom stereocenters. The molecule has 0 unspecified atom stereocenters. The molecule has 0 aliphatic carbocycles. The molecule has 0 aromatic heterocycles. The van der Waals surface area contributed by atoms with Gasteiger partial charge in [-0.3, -0.25) is 11.3 Å².